The van der Waals surface area contributed by atoms with Crippen LogP contribution in [0.5, 0.6) is 0 Å². The van der Waals surface area contributed by atoms with Crippen LogP contribution in [0.4, 0.5) is 0 Å². The fraction of sp³-hybridized carbons (Fsp3) is 0.333. The van der Waals surface area contributed by atoms with Crippen molar-refractivity contribution in [3.63, 3.8) is 0 Å². The van der Waals surface area contributed by atoms with Crippen LogP contribution in [0.25, 0.3) is 0 Å². The predicted molar refractivity (Wildman–Crippen MR) is 254 cm³/mol. The molecule has 3 aromatic carbocycles. The van der Waals surface area contributed by atoms with E-state index in [0.717, 1.165) is 16.7 Å². The maximum atomic E-state index is 13.6. The van der Waals surface area contributed by atoms with Crippen molar-refractivity contribution in [1.82, 2.24) is 13.7 Å². The second kappa shape index (κ2) is 22.4. The molecule has 0 bridgehead atoms. The van der Waals surface area contributed by atoms with Gasteiger partial charge in [0.05, 0.1) is 25.2 Å². The molecule has 0 aliphatic rings. The van der Waals surface area contributed by atoms with E-state index >= 15 is 0 Å². The zero-order valence-corrected chi connectivity index (χ0v) is 40.3. The molecule has 0 saturated heterocycles. The number of aromatic nitrogens is 3. The Morgan fingerprint density at radius 3 is 1.36 bits per heavy atom. The molecule has 3 aromatic heterocycles. The summed E-state index contributed by atoms with van der Waals surface area (Å²) >= 11 is 0. The van der Waals surface area contributed by atoms with Gasteiger partial charge >= 0.3 is 35.8 Å². The number of methoxy groups -OCH3 is 1. The summed E-state index contributed by atoms with van der Waals surface area (Å²) in [5, 5.41) is 0. The van der Waals surface area contributed by atoms with Crippen LogP contribution in [-0.4, -0.2) is 74.4 Å². The Balaban J connectivity index is 0.979. The molecular weight excluding hydrogens is 883 g/mol. The van der Waals surface area contributed by atoms with Crippen LogP contribution in [0.15, 0.2) is 134 Å². The normalized spacial score (nSPS) is 13.6. The van der Waals surface area contributed by atoms with Gasteiger partial charge in [0.25, 0.3) is 0 Å². The lowest BCUT2D eigenvalue weighted by atomic mass is 10.1. The largest absolute Gasteiger partial charge is 0.466 e. The summed E-state index contributed by atoms with van der Waals surface area (Å²) in [6.45, 7) is 13.6. The SMILES string of the molecule is COC(=O)C(OC(=O)c1cccn1C(C)c1ccc(COC(=O)C(C)(C)OC(=O)c2cccn2C(C)c2ccc(COC(=O)C(C)OC(=O)c3cccn3C(C)c3ccccc3)cc2)cc1)C(C)C. The Hall–Kier alpha value is -7.68. The van der Waals surface area contributed by atoms with Crippen molar-refractivity contribution in [2.45, 2.75) is 105 Å². The average Bonchev–Trinajstić information content (AvgIpc) is 4.16. The Bertz CT molecular complexity index is 2730. The number of carbonyl (C=O) groups is 6. The quantitative estimate of drug-likeness (QED) is 0.0526. The Morgan fingerprint density at radius 2 is 0.913 bits per heavy atom. The van der Waals surface area contributed by atoms with E-state index in [4.69, 9.17) is 28.4 Å². The van der Waals surface area contributed by atoms with E-state index in [9.17, 15) is 28.8 Å². The number of rotatable bonds is 20. The van der Waals surface area contributed by atoms with Gasteiger partial charge in [-0.05, 0) is 106 Å². The number of hydrogen-bond donors (Lipinski definition) is 0. The van der Waals surface area contributed by atoms with Crippen LogP contribution >= 0.6 is 0 Å². The molecule has 0 fully saturated rings. The second-order valence-corrected chi connectivity index (χ2v) is 17.5. The molecule has 6 rings (SSSR count). The first kappa shape index (κ1) is 50.7. The van der Waals surface area contributed by atoms with E-state index in [0.29, 0.717) is 16.8 Å². The van der Waals surface area contributed by atoms with Gasteiger partial charge in [-0.25, -0.2) is 28.8 Å². The summed E-state index contributed by atoms with van der Waals surface area (Å²) < 4.78 is 37.9. The Labute approximate surface area is 401 Å². The third kappa shape index (κ3) is 12.3. The number of nitrogens with zero attached hydrogens (tertiary/aromatic N) is 3. The highest BCUT2D eigenvalue weighted by Gasteiger charge is 2.36. The summed E-state index contributed by atoms with van der Waals surface area (Å²) in [4.78, 5) is 78.1. The van der Waals surface area contributed by atoms with E-state index in [-0.39, 0.29) is 48.6 Å². The minimum Gasteiger partial charge on any atom is -0.466 e. The molecule has 0 radical (unpaired) electrons. The first-order valence-electron chi connectivity index (χ1n) is 22.7. The fourth-order valence-corrected chi connectivity index (χ4v) is 7.65. The van der Waals surface area contributed by atoms with Crippen molar-refractivity contribution in [3.8, 4) is 0 Å². The number of hydrogen-bond acceptors (Lipinski definition) is 12. The van der Waals surface area contributed by atoms with Gasteiger partial charge in [-0.2, -0.15) is 0 Å². The van der Waals surface area contributed by atoms with Crippen LogP contribution in [0.3, 0.4) is 0 Å². The third-order valence-corrected chi connectivity index (χ3v) is 11.9. The van der Waals surface area contributed by atoms with Gasteiger partial charge in [-0.15, -0.1) is 0 Å². The molecule has 0 aliphatic carbocycles. The first-order valence-corrected chi connectivity index (χ1v) is 22.7. The summed E-state index contributed by atoms with van der Waals surface area (Å²) in [7, 11) is 1.24. The minimum atomic E-state index is -1.63. The van der Waals surface area contributed by atoms with E-state index in [2.05, 4.69) is 0 Å². The topological polar surface area (TPSA) is 173 Å². The zero-order valence-electron chi connectivity index (χ0n) is 40.3. The Kier molecular flexibility index (Phi) is 16.5. The average molecular weight is 942 g/mol. The number of benzene rings is 3. The van der Waals surface area contributed by atoms with Crippen molar-refractivity contribution >= 4 is 35.8 Å². The zero-order chi connectivity index (χ0) is 50.0. The monoisotopic (exact) mass is 941 g/mol. The van der Waals surface area contributed by atoms with Gasteiger partial charge in [-0.1, -0.05) is 92.7 Å². The molecule has 0 amide bonds. The highest BCUT2D eigenvalue weighted by Crippen LogP contribution is 2.27. The maximum absolute atomic E-state index is 13.6. The molecule has 6 aromatic rings. The molecule has 69 heavy (non-hydrogen) atoms. The molecule has 5 unspecified atom stereocenters. The van der Waals surface area contributed by atoms with Gasteiger partial charge < -0.3 is 42.1 Å². The molecule has 0 aliphatic heterocycles. The lowest BCUT2D eigenvalue weighted by Crippen LogP contribution is -2.39. The molecule has 3 heterocycles. The summed E-state index contributed by atoms with van der Waals surface area (Å²) in [6, 6.07) is 33.7. The number of ether oxygens (including phenoxy) is 6. The predicted octanol–water partition coefficient (Wildman–Crippen LogP) is 9.24. The standard InChI is InChI=1S/C54H59N3O12/c1-34(2)47(52(62)64-9)68-50(60)45-19-14-30-56(45)36(4)42-27-23-40(24-28-42)33-66-53(63)54(7,8)69-51(61)46-20-15-31-57(46)37(5)43-25-21-39(22-26-43)32-65-48(58)38(6)67-49(59)44-18-13-29-55(44)35(3)41-16-11-10-12-17-41/h10-31,34-38,47H,32-33H2,1-9H3. The van der Waals surface area contributed by atoms with Crippen molar-refractivity contribution in [2.24, 2.45) is 5.92 Å². The summed E-state index contributed by atoms with van der Waals surface area (Å²) in [6.07, 6.45) is 3.10. The number of esters is 6. The van der Waals surface area contributed by atoms with Crippen LogP contribution in [-0.2, 0) is 56.0 Å². The molecule has 0 saturated carbocycles. The Morgan fingerprint density at radius 1 is 0.493 bits per heavy atom. The van der Waals surface area contributed by atoms with Crippen molar-refractivity contribution in [1.29, 1.82) is 0 Å². The van der Waals surface area contributed by atoms with Crippen LogP contribution < -0.4 is 0 Å². The lowest BCUT2D eigenvalue weighted by Gasteiger charge is -2.24. The fourth-order valence-electron chi connectivity index (χ4n) is 7.65. The van der Waals surface area contributed by atoms with Crippen LogP contribution in [0, 0.1) is 5.92 Å². The third-order valence-electron chi connectivity index (χ3n) is 11.9. The van der Waals surface area contributed by atoms with E-state index in [1.165, 1.54) is 27.9 Å². The highest BCUT2D eigenvalue weighted by molar-refractivity contribution is 5.92. The summed E-state index contributed by atoms with van der Waals surface area (Å²) in [5.74, 6) is -4.36. The molecule has 5 atom stereocenters. The molecule has 15 nitrogen and oxygen atoms in total. The smallest absolute Gasteiger partial charge is 0.356 e. The lowest BCUT2D eigenvalue weighted by molar-refractivity contribution is -0.164. The molecule has 362 valence electrons. The van der Waals surface area contributed by atoms with Gasteiger partial charge in [0.2, 0.25) is 11.7 Å². The molecule has 15 heteroatoms. The van der Waals surface area contributed by atoms with Gasteiger partial charge in [0.1, 0.15) is 30.3 Å². The van der Waals surface area contributed by atoms with Gasteiger partial charge in [-0.3, -0.25) is 0 Å². The molecule has 0 spiro atoms. The molecular formula is C54H59N3O12. The minimum absolute atomic E-state index is 0.0526. The van der Waals surface area contributed by atoms with Crippen LogP contribution in [0.1, 0.15) is 133 Å². The van der Waals surface area contributed by atoms with E-state index < -0.39 is 53.6 Å². The molecule has 0 N–H and O–H groups in total. The maximum Gasteiger partial charge on any atom is 0.356 e. The van der Waals surface area contributed by atoms with Crippen molar-refractivity contribution in [3.05, 3.63) is 179 Å². The van der Waals surface area contributed by atoms with E-state index in [1.54, 1.807) is 107 Å². The van der Waals surface area contributed by atoms with Gasteiger partial charge in [0.15, 0.2) is 6.10 Å². The van der Waals surface area contributed by atoms with E-state index in [1.807, 2.05) is 75.4 Å². The van der Waals surface area contributed by atoms with Gasteiger partial charge in [0, 0.05) is 24.5 Å². The second-order valence-electron chi connectivity index (χ2n) is 17.5. The first-order chi connectivity index (χ1) is 32.9. The van der Waals surface area contributed by atoms with Crippen LogP contribution in [0.2, 0.25) is 0 Å². The highest BCUT2D eigenvalue weighted by atomic mass is 16.6. The van der Waals surface area contributed by atoms with Crippen molar-refractivity contribution in [2.75, 3.05) is 7.11 Å². The van der Waals surface area contributed by atoms with Crippen molar-refractivity contribution < 1.29 is 57.2 Å². The number of carbonyl (C=O) groups excluding carboxylic acids is 6. The summed E-state index contributed by atoms with van der Waals surface area (Å²) in [5.41, 5.74) is 3.28.